The molecule has 12 aromatic rings. The van der Waals surface area contributed by atoms with Crippen molar-refractivity contribution in [3.63, 3.8) is 0 Å². The molecule has 0 radical (unpaired) electrons. The molecule has 4 heteroatoms. The molecule has 4 aromatic heterocycles. The van der Waals surface area contributed by atoms with Crippen molar-refractivity contribution in [2.75, 3.05) is 0 Å². The third kappa shape index (κ3) is 3.48. The van der Waals surface area contributed by atoms with Gasteiger partial charge in [-0.25, -0.2) is 0 Å². The molecule has 0 bridgehead atoms. The van der Waals surface area contributed by atoms with E-state index in [9.17, 15) is 0 Å². The van der Waals surface area contributed by atoms with Crippen molar-refractivity contribution in [1.82, 2.24) is 0 Å². The van der Waals surface area contributed by atoms with E-state index in [0.717, 1.165) is 60.4 Å². The molecule has 0 aliphatic heterocycles. The van der Waals surface area contributed by atoms with E-state index in [1.165, 1.54) is 58.4 Å². The van der Waals surface area contributed by atoms with E-state index >= 15 is 0 Å². The van der Waals surface area contributed by atoms with E-state index < -0.39 is 0 Å². The van der Waals surface area contributed by atoms with Crippen LogP contribution in [0.15, 0.2) is 159 Å². The number of thiophene rings is 1. The molecule has 3 nitrogen and oxygen atoms in total. The second-order valence-electron chi connectivity index (χ2n) is 13.2. The third-order valence-corrected chi connectivity index (χ3v) is 11.7. The minimum atomic E-state index is 0.826. The molecule has 0 aliphatic rings. The summed E-state index contributed by atoms with van der Waals surface area (Å²) in [4.78, 5) is 0. The minimum Gasteiger partial charge on any atom is -0.464 e. The molecule has 232 valence electrons. The van der Waals surface area contributed by atoms with E-state index in [1.54, 1.807) is 6.26 Å². The molecule has 0 saturated heterocycles. The molecule has 0 fully saturated rings. The van der Waals surface area contributed by atoms with E-state index in [2.05, 4.69) is 121 Å². The largest absolute Gasteiger partial charge is 0.464 e. The number of hydrogen-bond donors (Lipinski definition) is 0. The molecule has 0 spiro atoms. The fourth-order valence-electron chi connectivity index (χ4n) is 8.38. The van der Waals surface area contributed by atoms with Crippen LogP contribution in [0.4, 0.5) is 0 Å². The normalized spacial score (nSPS) is 12.4. The molecule has 50 heavy (non-hydrogen) atoms. The fraction of sp³-hybridized carbons (Fsp3) is 0. The summed E-state index contributed by atoms with van der Waals surface area (Å²) in [5, 5.41) is 12.7. The standard InChI is InChI=1S/C46H24O3S/c1-3-11-30-28(9-1)42(26-16-19-40-35(22-26)36-24-39-25(20-21-47-39)23-41(36)50-40)29-10-2-4-12-31(29)43(30)33-13-7-14-34-44-38(49-45(33)34)18-17-32-27-8-5-6-15-37(27)48-46(32)44/h1-24H. The molecule has 0 atom stereocenters. The highest BCUT2D eigenvalue weighted by Crippen LogP contribution is 2.48. The lowest BCUT2D eigenvalue weighted by molar-refractivity contribution is 0.616. The molecule has 0 aliphatic carbocycles. The summed E-state index contributed by atoms with van der Waals surface area (Å²) in [5.41, 5.74) is 9.05. The number of rotatable bonds is 2. The lowest BCUT2D eigenvalue weighted by Gasteiger charge is -2.18. The predicted molar refractivity (Wildman–Crippen MR) is 210 cm³/mol. The maximum atomic E-state index is 6.79. The molecule has 0 N–H and O–H groups in total. The zero-order chi connectivity index (χ0) is 32.5. The SMILES string of the molecule is c1ccc2c(c1)oc1c2ccc2oc3c(-c4c5ccccc5c(-c5ccc6sc7cc8ccoc8cc7c6c5)c5ccccc45)cccc3c21. The Kier molecular flexibility index (Phi) is 5.12. The number of para-hydroxylation sites is 2. The van der Waals surface area contributed by atoms with E-state index in [0.29, 0.717) is 0 Å². The molecule has 12 rings (SSSR count). The highest BCUT2D eigenvalue weighted by Gasteiger charge is 2.22. The molecule has 4 heterocycles. The van der Waals surface area contributed by atoms with Gasteiger partial charge in [-0.15, -0.1) is 11.3 Å². The average Bonchev–Trinajstić information content (AvgIpc) is 3.94. The number of fused-ring (bicyclic) bond motifs is 13. The monoisotopic (exact) mass is 656 g/mol. The third-order valence-electron chi connectivity index (χ3n) is 10.5. The van der Waals surface area contributed by atoms with Crippen molar-refractivity contribution in [3.05, 3.63) is 146 Å². The molecule has 0 saturated carbocycles. The van der Waals surface area contributed by atoms with Gasteiger partial charge in [-0.1, -0.05) is 91.0 Å². The van der Waals surface area contributed by atoms with Crippen molar-refractivity contribution in [3.8, 4) is 22.3 Å². The fourth-order valence-corrected chi connectivity index (χ4v) is 9.49. The smallest absolute Gasteiger partial charge is 0.147 e. The minimum absolute atomic E-state index is 0.826. The average molecular weight is 657 g/mol. The molecule has 8 aromatic carbocycles. The second kappa shape index (κ2) is 9.63. The van der Waals surface area contributed by atoms with Crippen LogP contribution >= 0.6 is 11.3 Å². The Morgan fingerprint density at radius 1 is 0.400 bits per heavy atom. The van der Waals surface area contributed by atoms with Crippen LogP contribution in [0.5, 0.6) is 0 Å². The van der Waals surface area contributed by atoms with Crippen LogP contribution in [0.3, 0.4) is 0 Å². The lowest BCUT2D eigenvalue weighted by atomic mass is 9.85. The van der Waals surface area contributed by atoms with Crippen LogP contribution in [0.2, 0.25) is 0 Å². The molecular weight excluding hydrogens is 633 g/mol. The summed E-state index contributed by atoms with van der Waals surface area (Å²) < 4.78 is 21.6. The Morgan fingerprint density at radius 2 is 1.10 bits per heavy atom. The Labute approximate surface area is 288 Å². The maximum absolute atomic E-state index is 6.79. The summed E-state index contributed by atoms with van der Waals surface area (Å²) in [6.45, 7) is 0. The highest BCUT2D eigenvalue weighted by atomic mass is 32.1. The maximum Gasteiger partial charge on any atom is 0.147 e. The highest BCUT2D eigenvalue weighted by molar-refractivity contribution is 7.25. The van der Waals surface area contributed by atoms with Gasteiger partial charge in [0, 0.05) is 52.8 Å². The second-order valence-corrected chi connectivity index (χ2v) is 14.2. The summed E-state index contributed by atoms with van der Waals surface area (Å²) >= 11 is 1.84. The molecular formula is C46H24O3S. The molecule has 0 amide bonds. The van der Waals surface area contributed by atoms with Gasteiger partial charge in [0.05, 0.1) is 11.6 Å². The number of hydrogen-bond acceptors (Lipinski definition) is 4. The van der Waals surface area contributed by atoms with Crippen molar-refractivity contribution >= 4 is 108 Å². The number of furan rings is 3. The van der Waals surface area contributed by atoms with Crippen molar-refractivity contribution < 1.29 is 13.3 Å². The van der Waals surface area contributed by atoms with Crippen LogP contribution in [-0.2, 0) is 0 Å². The van der Waals surface area contributed by atoms with Gasteiger partial charge in [0.25, 0.3) is 0 Å². The van der Waals surface area contributed by atoms with Gasteiger partial charge < -0.3 is 13.3 Å². The van der Waals surface area contributed by atoms with Crippen molar-refractivity contribution in [2.45, 2.75) is 0 Å². The quantitative estimate of drug-likeness (QED) is 0.174. The first kappa shape index (κ1) is 26.6. The summed E-state index contributed by atoms with van der Waals surface area (Å²) in [7, 11) is 0. The summed E-state index contributed by atoms with van der Waals surface area (Å²) in [5.74, 6) is 0. The Morgan fingerprint density at radius 3 is 1.92 bits per heavy atom. The van der Waals surface area contributed by atoms with Gasteiger partial charge in [-0.3, -0.25) is 0 Å². The van der Waals surface area contributed by atoms with Crippen LogP contribution in [0.1, 0.15) is 0 Å². The topological polar surface area (TPSA) is 39.4 Å². The van der Waals surface area contributed by atoms with Gasteiger partial charge in [0.1, 0.15) is 27.9 Å². The van der Waals surface area contributed by atoms with E-state index in [1.807, 2.05) is 29.5 Å². The summed E-state index contributed by atoms with van der Waals surface area (Å²) in [6, 6.07) is 50.0. The van der Waals surface area contributed by atoms with Crippen molar-refractivity contribution in [2.24, 2.45) is 0 Å². The van der Waals surface area contributed by atoms with Gasteiger partial charge in [0.15, 0.2) is 0 Å². The lowest BCUT2D eigenvalue weighted by Crippen LogP contribution is -1.91. The Bertz CT molecular complexity index is 3330. The first-order valence-electron chi connectivity index (χ1n) is 16.8. The van der Waals surface area contributed by atoms with Gasteiger partial charge >= 0.3 is 0 Å². The Balaban J connectivity index is 1.16. The summed E-state index contributed by atoms with van der Waals surface area (Å²) in [6.07, 6.45) is 1.77. The van der Waals surface area contributed by atoms with Gasteiger partial charge in [-0.2, -0.15) is 0 Å². The van der Waals surface area contributed by atoms with Crippen LogP contribution in [0, 0.1) is 0 Å². The van der Waals surface area contributed by atoms with Crippen LogP contribution < -0.4 is 0 Å². The predicted octanol–water partition coefficient (Wildman–Crippen LogP) is 14.2. The van der Waals surface area contributed by atoms with Crippen LogP contribution in [0.25, 0.3) is 119 Å². The number of benzene rings is 8. The van der Waals surface area contributed by atoms with E-state index in [4.69, 9.17) is 13.3 Å². The first-order valence-corrected chi connectivity index (χ1v) is 17.6. The van der Waals surface area contributed by atoms with Crippen LogP contribution in [-0.4, -0.2) is 0 Å². The molecule has 0 unspecified atom stereocenters. The van der Waals surface area contributed by atoms with Gasteiger partial charge in [-0.05, 0) is 81.2 Å². The Hall–Kier alpha value is -6.36. The first-order chi connectivity index (χ1) is 24.8. The zero-order valence-electron chi connectivity index (χ0n) is 26.5. The van der Waals surface area contributed by atoms with Gasteiger partial charge in [0.2, 0.25) is 0 Å². The van der Waals surface area contributed by atoms with E-state index in [-0.39, 0.29) is 0 Å². The zero-order valence-corrected chi connectivity index (χ0v) is 27.3. The van der Waals surface area contributed by atoms with Crippen molar-refractivity contribution in [1.29, 1.82) is 0 Å².